The summed E-state index contributed by atoms with van der Waals surface area (Å²) in [5.74, 6) is 2.75. The molecule has 2 saturated carbocycles. The molecule has 1 nitrogen and oxygen atoms in total. The average Bonchev–Trinajstić information content (AvgIpc) is 3.43. The first-order chi connectivity index (χ1) is 14.1. The molecule has 3 aliphatic carbocycles. The zero-order valence-electron chi connectivity index (χ0n) is 17.4. The van der Waals surface area contributed by atoms with Gasteiger partial charge in [0.25, 0.3) is 0 Å². The van der Waals surface area contributed by atoms with Crippen LogP contribution in [0, 0.1) is 11.8 Å². The molecule has 0 aliphatic heterocycles. The maximum absolute atomic E-state index is 3.65. The lowest BCUT2D eigenvalue weighted by atomic mass is 9.82. The molecule has 2 fully saturated rings. The molecule has 3 aromatic rings. The second-order valence-electron chi connectivity index (χ2n) is 9.96. The second kappa shape index (κ2) is 6.23. The van der Waals surface area contributed by atoms with E-state index in [1.165, 1.54) is 59.3 Å². The normalized spacial score (nSPS) is 25.7. The van der Waals surface area contributed by atoms with Crippen LogP contribution in [0.2, 0.25) is 0 Å². The minimum atomic E-state index is 0.0509. The van der Waals surface area contributed by atoms with Gasteiger partial charge in [0.1, 0.15) is 0 Å². The third-order valence-electron chi connectivity index (χ3n) is 7.95. The summed E-state index contributed by atoms with van der Waals surface area (Å²) >= 11 is 0. The van der Waals surface area contributed by atoms with Gasteiger partial charge in [-0.1, -0.05) is 62.7 Å². The Kier molecular flexibility index (Phi) is 3.72. The molecule has 3 aliphatic rings. The van der Waals surface area contributed by atoms with Gasteiger partial charge in [-0.15, -0.1) is 0 Å². The van der Waals surface area contributed by atoms with Crippen LogP contribution in [0.4, 0.5) is 11.4 Å². The number of anilines is 2. The number of rotatable bonds is 3. The first-order valence-corrected chi connectivity index (χ1v) is 11.2. The molecule has 0 radical (unpaired) electrons. The van der Waals surface area contributed by atoms with Crippen molar-refractivity contribution in [3.05, 3.63) is 83.4 Å². The Morgan fingerprint density at radius 1 is 0.759 bits per heavy atom. The highest BCUT2D eigenvalue weighted by Crippen LogP contribution is 2.53. The van der Waals surface area contributed by atoms with Gasteiger partial charge in [0.2, 0.25) is 0 Å². The van der Waals surface area contributed by atoms with Gasteiger partial charge in [-0.25, -0.2) is 0 Å². The smallest absolute Gasteiger partial charge is 0.0387 e. The van der Waals surface area contributed by atoms with Crippen molar-refractivity contribution in [2.75, 3.05) is 5.32 Å². The van der Waals surface area contributed by atoms with E-state index in [-0.39, 0.29) is 5.41 Å². The summed E-state index contributed by atoms with van der Waals surface area (Å²) < 4.78 is 0. The van der Waals surface area contributed by atoms with Gasteiger partial charge in [0, 0.05) is 16.8 Å². The maximum atomic E-state index is 3.65. The van der Waals surface area contributed by atoms with Gasteiger partial charge in [0.15, 0.2) is 0 Å². The largest absolute Gasteiger partial charge is 0.356 e. The number of benzene rings is 3. The molecule has 0 spiro atoms. The summed E-state index contributed by atoms with van der Waals surface area (Å²) in [6.07, 6.45) is 5.80. The maximum Gasteiger partial charge on any atom is 0.0387 e. The quantitative estimate of drug-likeness (QED) is 0.493. The molecule has 146 valence electrons. The zero-order valence-corrected chi connectivity index (χ0v) is 17.4. The van der Waals surface area contributed by atoms with Crippen LogP contribution in [0.15, 0.2) is 66.7 Å². The summed E-state index contributed by atoms with van der Waals surface area (Å²) in [4.78, 5) is 0. The van der Waals surface area contributed by atoms with E-state index in [0.29, 0.717) is 0 Å². The predicted molar refractivity (Wildman–Crippen MR) is 122 cm³/mol. The van der Waals surface area contributed by atoms with Crippen molar-refractivity contribution < 1.29 is 0 Å². The van der Waals surface area contributed by atoms with E-state index in [2.05, 4.69) is 85.9 Å². The third-order valence-corrected chi connectivity index (χ3v) is 7.95. The van der Waals surface area contributed by atoms with Crippen molar-refractivity contribution in [2.45, 2.75) is 50.9 Å². The second-order valence-corrected chi connectivity index (χ2v) is 9.96. The predicted octanol–water partition coefficient (Wildman–Crippen LogP) is 7.64. The van der Waals surface area contributed by atoms with Gasteiger partial charge in [-0.3, -0.25) is 0 Å². The van der Waals surface area contributed by atoms with E-state index in [9.17, 15) is 0 Å². The van der Waals surface area contributed by atoms with Crippen LogP contribution in [0.3, 0.4) is 0 Å². The fourth-order valence-corrected chi connectivity index (χ4v) is 6.42. The minimum Gasteiger partial charge on any atom is -0.356 e. The molecule has 3 aromatic carbocycles. The van der Waals surface area contributed by atoms with Crippen molar-refractivity contribution in [1.82, 2.24) is 0 Å². The molecular weight excluding hydrogens is 350 g/mol. The van der Waals surface area contributed by atoms with Crippen LogP contribution in [-0.4, -0.2) is 0 Å². The number of hydrogen-bond acceptors (Lipinski definition) is 1. The van der Waals surface area contributed by atoms with E-state index < -0.39 is 0 Å². The van der Waals surface area contributed by atoms with Gasteiger partial charge >= 0.3 is 0 Å². The molecule has 0 amide bonds. The van der Waals surface area contributed by atoms with Gasteiger partial charge < -0.3 is 5.32 Å². The summed E-state index contributed by atoms with van der Waals surface area (Å²) in [7, 11) is 0. The van der Waals surface area contributed by atoms with Crippen molar-refractivity contribution in [2.24, 2.45) is 11.8 Å². The van der Waals surface area contributed by atoms with E-state index in [1.54, 1.807) is 5.56 Å². The SMILES string of the molecule is CC1(C)c2ccccc2-c2ccc(Nc3ccc(C4CC5CCC4C5)cc3)cc21. The Labute approximate surface area is 174 Å². The Morgan fingerprint density at radius 3 is 2.28 bits per heavy atom. The standard InChI is InChI=1S/C28H29N/c1-28(2)26-6-4-3-5-23(26)24-14-13-22(17-27(24)28)29-21-11-9-19(10-12-21)25-16-18-7-8-20(25)15-18/h3-6,9-14,17-18,20,25,29H,7-8,15-16H2,1-2H3. The summed E-state index contributed by atoms with van der Waals surface area (Å²) in [5, 5.41) is 3.65. The first kappa shape index (κ1) is 17.3. The number of nitrogens with one attached hydrogen (secondary N) is 1. The molecule has 3 unspecified atom stereocenters. The first-order valence-electron chi connectivity index (χ1n) is 11.2. The zero-order chi connectivity index (χ0) is 19.6. The van der Waals surface area contributed by atoms with Crippen LogP contribution >= 0.6 is 0 Å². The lowest BCUT2D eigenvalue weighted by Gasteiger charge is -2.23. The Balaban J connectivity index is 1.26. The fourth-order valence-electron chi connectivity index (χ4n) is 6.42. The number of fused-ring (bicyclic) bond motifs is 5. The Bertz CT molecular complexity index is 1080. The molecule has 6 rings (SSSR count). The van der Waals surface area contributed by atoms with Gasteiger partial charge in [-0.05, 0) is 89.1 Å². The van der Waals surface area contributed by atoms with Crippen molar-refractivity contribution >= 4 is 11.4 Å². The molecule has 0 saturated heterocycles. The molecular formula is C28H29N. The van der Waals surface area contributed by atoms with Crippen molar-refractivity contribution in [1.29, 1.82) is 0 Å². The van der Waals surface area contributed by atoms with E-state index >= 15 is 0 Å². The molecule has 2 bridgehead atoms. The molecule has 0 heterocycles. The van der Waals surface area contributed by atoms with Crippen LogP contribution in [0.25, 0.3) is 11.1 Å². The van der Waals surface area contributed by atoms with Crippen LogP contribution in [-0.2, 0) is 5.41 Å². The Morgan fingerprint density at radius 2 is 1.52 bits per heavy atom. The lowest BCUT2D eigenvalue weighted by Crippen LogP contribution is -2.15. The van der Waals surface area contributed by atoms with Crippen molar-refractivity contribution in [3.63, 3.8) is 0 Å². The highest BCUT2D eigenvalue weighted by atomic mass is 14.9. The van der Waals surface area contributed by atoms with Crippen LogP contribution in [0.5, 0.6) is 0 Å². The van der Waals surface area contributed by atoms with Gasteiger partial charge in [-0.2, -0.15) is 0 Å². The van der Waals surface area contributed by atoms with Gasteiger partial charge in [0.05, 0.1) is 0 Å². The molecule has 1 N–H and O–H groups in total. The minimum absolute atomic E-state index is 0.0509. The van der Waals surface area contributed by atoms with E-state index in [0.717, 1.165) is 17.8 Å². The topological polar surface area (TPSA) is 12.0 Å². The molecule has 0 aromatic heterocycles. The summed E-state index contributed by atoms with van der Waals surface area (Å²) in [6, 6.07) is 25.0. The summed E-state index contributed by atoms with van der Waals surface area (Å²) in [6.45, 7) is 4.68. The number of hydrogen-bond donors (Lipinski definition) is 1. The highest BCUT2D eigenvalue weighted by Gasteiger charge is 2.40. The highest BCUT2D eigenvalue weighted by molar-refractivity contribution is 5.82. The molecule has 29 heavy (non-hydrogen) atoms. The summed E-state index contributed by atoms with van der Waals surface area (Å²) in [5.41, 5.74) is 9.58. The fraction of sp³-hybridized carbons (Fsp3) is 0.357. The van der Waals surface area contributed by atoms with Crippen molar-refractivity contribution in [3.8, 4) is 11.1 Å². The lowest BCUT2D eigenvalue weighted by molar-refractivity contribution is 0.420. The van der Waals surface area contributed by atoms with Crippen LogP contribution in [0.1, 0.15) is 62.1 Å². The van der Waals surface area contributed by atoms with E-state index in [1.807, 2.05) is 0 Å². The monoisotopic (exact) mass is 379 g/mol. The third kappa shape index (κ3) is 2.67. The van der Waals surface area contributed by atoms with Crippen LogP contribution < -0.4 is 5.32 Å². The van der Waals surface area contributed by atoms with E-state index in [4.69, 9.17) is 0 Å². The Hall–Kier alpha value is -2.54. The molecule has 1 heteroatoms. The molecule has 3 atom stereocenters. The average molecular weight is 380 g/mol.